The quantitative estimate of drug-likeness (QED) is 0.534. The Morgan fingerprint density at radius 1 is 1.47 bits per heavy atom. The maximum absolute atomic E-state index is 11.6. The molecular weight excluding hydrogens is 192 g/mol. The van der Waals surface area contributed by atoms with Gasteiger partial charge in [-0.2, -0.15) is 0 Å². The van der Waals surface area contributed by atoms with E-state index in [1.54, 1.807) is 11.0 Å². The Morgan fingerprint density at radius 2 is 2.07 bits per heavy atom. The smallest absolute Gasteiger partial charge is 0.311 e. The van der Waals surface area contributed by atoms with E-state index in [0.717, 1.165) is 12.8 Å². The second-order valence-corrected chi connectivity index (χ2v) is 3.97. The van der Waals surface area contributed by atoms with Crippen LogP contribution in [0.25, 0.3) is 0 Å². The molecule has 1 aliphatic heterocycles. The van der Waals surface area contributed by atoms with Crippen molar-refractivity contribution in [1.82, 2.24) is 10.2 Å². The number of amides is 2. The third-order valence-corrected chi connectivity index (χ3v) is 2.67. The van der Waals surface area contributed by atoms with Gasteiger partial charge >= 0.3 is 11.8 Å². The molecule has 0 spiro atoms. The van der Waals surface area contributed by atoms with Crippen molar-refractivity contribution in [3.63, 3.8) is 0 Å². The standard InChI is InChI=1S/C11H18N2O2/c1-3-6-12-10(14)11(15)13-7-4-9(2)5-8-13/h3,9H,1,4-8H2,2H3,(H,12,14). The molecule has 1 saturated heterocycles. The number of rotatable bonds is 2. The fourth-order valence-electron chi connectivity index (χ4n) is 1.60. The third kappa shape index (κ3) is 3.38. The molecule has 84 valence electrons. The molecule has 0 bridgehead atoms. The zero-order valence-electron chi connectivity index (χ0n) is 9.16. The van der Waals surface area contributed by atoms with Crippen LogP contribution in [0.2, 0.25) is 0 Å². The topological polar surface area (TPSA) is 49.4 Å². The van der Waals surface area contributed by atoms with Crippen LogP contribution in [0, 0.1) is 5.92 Å². The number of carbonyl (C=O) groups excluding carboxylic acids is 2. The van der Waals surface area contributed by atoms with Crippen LogP contribution in [0.1, 0.15) is 19.8 Å². The average Bonchev–Trinajstić information content (AvgIpc) is 2.26. The van der Waals surface area contributed by atoms with Crippen molar-refractivity contribution >= 4 is 11.8 Å². The van der Waals surface area contributed by atoms with Gasteiger partial charge in [0.15, 0.2) is 0 Å². The molecule has 4 heteroatoms. The SMILES string of the molecule is C=CCNC(=O)C(=O)N1CCC(C)CC1. The van der Waals surface area contributed by atoms with Crippen LogP contribution in [-0.4, -0.2) is 36.3 Å². The molecule has 2 amide bonds. The second kappa shape index (κ2) is 5.53. The summed E-state index contributed by atoms with van der Waals surface area (Å²) >= 11 is 0. The molecule has 4 nitrogen and oxygen atoms in total. The highest BCUT2D eigenvalue weighted by molar-refractivity contribution is 6.35. The Hall–Kier alpha value is -1.32. The molecule has 1 rings (SSSR count). The van der Waals surface area contributed by atoms with Gasteiger partial charge in [-0.1, -0.05) is 13.0 Å². The second-order valence-electron chi connectivity index (χ2n) is 3.97. The van der Waals surface area contributed by atoms with Gasteiger partial charge in [-0.25, -0.2) is 0 Å². The number of carbonyl (C=O) groups is 2. The number of nitrogens with one attached hydrogen (secondary N) is 1. The number of likely N-dealkylation sites (tertiary alicyclic amines) is 1. The Kier molecular flexibility index (Phi) is 4.34. The summed E-state index contributed by atoms with van der Waals surface area (Å²) in [4.78, 5) is 24.5. The summed E-state index contributed by atoms with van der Waals surface area (Å²) in [7, 11) is 0. The molecule has 0 aromatic heterocycles. The number of hydrogen-bond acceptors (Lipinski definition) is 2. The molecule has 1 N–H and O–H groups in total. The largest absolute Gasteiger partial charge is 0.344 e. The fourth-order valence-corrected chi connectivity index (χ4v) is 1.60. The normalized spacial score (nSPS) is 17.3. The lowest BCUT2D eigenvalue weighted by atomic mass is 9.99. The summed E-state index contributed by atoms with van der Waals surface area (Å²) in [5.41, 5.74) is 0. The van der Waals surface area contributed by atoms with E-state index in [4.69, 9.17) is 0 Å². The highest BCUT2D eigenvalue weighted by Crippen LogP contribution is 2.15. The predicted molar refractivity (Wildman–Crippen MR) is 58.2 cm³/mol. The first-order valence-electron chi connectivity index (χ1n) is 5.33. The minimum Gasteiger partial charge on any atom is -0.344 e. The molecule has 0 aliphatic carbocycles. The van der Waals surface area contributed by atoms with E-state index in [1.165, 1.54) is 0 Å². The minimum absolute atomic E-state index is 0.342. The van der Waals surface area contributed by atoms with Crippen molar-refractivity contribution in [2.45, 2.75) is 19.8 Å². The fraction of sp³-hybridized carbons (Fsp3) is 0.636. The summed E-state index contributed by atoms with van der Waals surface area (Å²) in [5, 5.41) is 2.49. The highest BCUT2D eigenvalue weighted by atomic mass is 16.2. The number of nitrogens with zero attached hydrogens (tertiary/aromatic N) is 1. The number of piperidine rings is 1. The van der Waals surface area contributed by atoms with Gasteiger partial charge < -0.3 is 10.2 Å². The Bertz CT molecular complexity index is 255. The van der Waals surface area contributed by atoms with Crippen LogP contribution in [-0.2, 0) is 9.59 Å². The first kappa shape index (κ1) is 11.8. The highest BCUT2D eigenvalue weighted by Gasteiger charge is 2.24. The van der Waals surface area contributed by atoms with E-state index in [1.807, 2.05) is 0 Å². The van der Waals surface area contributed by atoms with Gasteiger partial charge in [0.25, 0.3) is 0 Å². The lowest BCUT2D eigenvalue weighted by Crippen LogP contribution is -2.46. The molecule has 0 aromatic rings. The van der Waals surface area contributed by atoms with Crippen molar-refractivity contribution in [3.8, 4) is 0 Å². The first-order valence-corrected chi connectivity index (χ1v) is 5.33. The van der Waals surface area contributed by atoms with Crippen molar-refractivity contribution in [2.24, 2.45) is 5.92 Å². The van der Waals surface area contributed by atoms with Crippen LogP contribution < -0.4 is 5.32 Å². The van der Waals surface area contributed by atoms with E-state index in [9.17, 15) is 9.59 Å². The summed E-state index contributed by atoms with van der Waals surface area (Å²) < 4.78 is 0. The predicted octanol–water partition coefficient (Wildman–Crippen LogP) is 0.547. The molecule has 0 aromatic carbocycles. The summed E-state index contributed by atoms with van der Waals surface area (Å²) in [6.07, 6.45) is 3.53. The molecule has 1 aliphatic rings. The summed E-state index contributed by atoms with van der Waals surface area (Å²) in [6.45, 7) is 7.38. The van der Waals surface area contributed by atoms with Gasteiger partial charge in [0, 0.05) is 19.6 Å². The van der Waals surface area contributed by atoms with E-state index in [-0.39, 0.29) is 0 Å². The van der Waals surface area contributed by atoms with Crippen molar-refractivity contribution < 1.29 is 9.59 Å². The Morgan fingerprint density at radius 3 is 2.60 bits per heavy atom. The minimum atomic E-state index is -0.524. The van der Waals surface area contributed by atoms with Gasteiger partial charge in [-0.15, -0.1) is 6.58 Å². The Labute approximate surface area is 90.3 Å². The van der Waals surface area contributed by atoms with E-state index < -0.39 is 11.8 Å². The monoisotopic (exact) mass is 210 g/mol. The zero-order valence-corrected chi connectivity index (χ0v) is 9.16. The molecular formula is C11H18N2O2. The zero-order chi connectivity index (χ0) is 11.3. The van der Waals surface area contributed by atoms with Crippen LogP contribution in [0.5, 0.6) is 0 Å². The van der Waals surface area contributed by atoms with Crippen LogP contribution in [0.4, 0.5) is 0 Å². The lowest BCUT2D eigenvalue weighted by molar-refractivity contribution is -0.146. The van der Waals surface area contributed by atoms with Gasteiger partial charge in [0.2, 0.25) is 0 Å². The average molecular weight is 210 g/mol. The lowest BCUT2D eigenvalue weighted by Gasteiger charge is -2.29. The van der Waals surface area contributed by atoms with Crippen LogP contribution in [0.3, 0.4) is 0 Å². The van der Waals surface area contributed by atoms with Crippen molar-refractivity contribution in [2.75, 3.05) is 19.6 Å². The van der Waals surface area contributed by atoms with E-state index in [0.29, 0.717) is 25.6 Å². The molecule has 0 radical (unpaired) electrons. The van der Waals surface area contributed by atoms with Gasteiger partial charge in [-0.05, 0) is 18.8 Å². The summed E-state index contributed by atoms with van der Waals surface area (Å²) in [6, 6.07) is 0. The Balaban J connectivity index is 2.39. The molecule has 1 heterocycles. The summed E-state index contributed by atoms with van der Waals surface area (Å²) in [5.74, 6) is -0.279. The molecule has 15 heavy (non-hydrogen) atoms. The van der Waals surface area contributed by atoms with Crippen LogP contribution in [0.15, 0.2) is 12.7 Å². The maximum atomic E-state index is 11.6. The van der Waals surface area contributed by atoms with Gasteiger partial charge in [0.05, 0.1) is 0 Å². The van der Waals surface area contributed by atoms with Crippen LogP contribution >= 0.6 is 0 Å². The molecule has 0 saturated carbocycles. The number of hydrogen-bond donors (Lipinski definition) is 1. The molecule has 0 unspecified atom stereocenters. The maximum Gasteiger partial charge on any atom is 0.311 e. The van der Waals surface area contributed by atoms with E-state index >= 15 is 0 Å². The van der Waals surface area contributed by atoms with E-state index in [2.05, 4.69) is 18.8 Å². The first-order chi connectivity index (χ1) is 7.15. The van der Waals surface area contributed by atoms with Gasteiger partial charge in [0.1, 0.15) is 0 Å². The van der Waals surface area contributed by atoms with Crippen molar-refractivity contribution in [1.29, 1.82) is 0 Å². The van der Waals surface area contributed by atoms with Gasteiger partial charge in [-0.3, -0.25) is 9.59 Å². The molecule has 0 atom stereocenters. The third-order valence-electron chi connectivity index (χ3n) is 2.67. The molecule has 1 fully saturated rings. The van der Waals surface area contributed by atoms with Crippen molar-refractivity contribution in [3.05, 3.63) is 12.7 Å².